The first-order chi connectivity index (χ1) is 10.9. The fraction of sp³-hybridized carbons (Fsp3) is 0.733. The highest BCUT2D eigenvalue weighted by Crippen LogP contribution is 2.42. The summed E-state index contributed by atoms with van der Waals surface area (Å²) in [4.78, 5) is 14.3. The van der Waals surface area contributed by atoms with Gasteiger partial charge >= 0.3 is 0 Å². The van der Waals surface area contributed by atoms with Gasteiger partial charge in [-0.1, -0.05) is 0 Å². The topological polar surface area (TPSA) is 84.3 Å². The predicted molar refractivity (Wildman–Crippen MR) is 87.4 cm³/mol. The van der Waals surface area contributed by atoms with Crippen LogP contribution in [0.3, 0.4) is 0 Å². The van der Waals surface area contributed by atoms with Gasteiger partial charge in [-0.15, -0.1) is 0 Å². The predicted octanol–water partition coefficient (Wildman–Crippen LogP) is 0.412. The second-order valence-corrected chi connectivity index (χ2v) is 9.02. The lowest BCUT2D eigenvalue weighted by atomic mass is 10.2. The number of hydrogen-bond acceptors (Lipinski definition) is 5. The summed E-state index contributed by atoms with van der Waals surface area (Å²) in [6.45, 7) is 1.33. The minimum absolute atomic E-state index is 0.126. The molecule has 1 aromatic heterocycles. The summed E-state index contributed by atoms with van der Waals surface area (Å²) in [7, 11) is 0.935. The van der Waals surface area contributed by atoms with Gasteiger partial charge in [-0.05, 0) is 39.4 Å². The second-order valence-electron chi connectivity index (χ2n) is 6.79. The van der Waals surface area contributed by atoms with Crippen molar-refractivity contribution in [1.82, 2.24) is 20.0 Å². The molecular weight excluding hydrogens is 316 g/mol. The Balaban J connectivity index is 1.75. The fourth-order valence-electron chi connectivity index (χ4n) is 2.95. The van der Waals surface area contributed by atoms with Crippen LogP contribution in [0.4, 0.5) is 0 Å². The molecule has 0 bridgehead atoms. The Morgan fingerprint density at radius 3 is 2.70 bits per heavy atom. The van der Waals surface area contributed by atoms with E-state index in [2.05, 4.69) is 10.4 Å². The molecule has 1 aromatic rings. The first-order valence-corrected chi connectivity index (χ1v) is 9.90. The van der Waals surface area contributed by atoms with Crippen molar-refractivity contribution in [1.29, 1.82) is 0 Å². The molecule has 0 aromatic carbocycles. The molecule has 2 fully saturated rings. The SMILES string of the molecule is CN(C)CCNC(=O)c1cc(C2CC2)n(C2CCS(=O)(=O)C2)n1. The van der Waals surface area contributed by atoms with Crippen LogP contribution in [-0.4, -0.2) is 67.7 Å². The average molecular weight is 340 g/mol. The van der Waals surface area contributed by atoms with Gasteiger partial charge in [0.15, 0.2) is 9.84 Å². The van der Waals surface area contributed by atoms with Crippen LogP contribution in [0.25, 0.3) is 0 Å². The van der Waals surface area contributed by atoms with Crippen LogP contribution < -0.4 is 5.32 Å². The number of nitrogens with zero attached hydrogens (tertiary/aromatic N) is 3. The molecule has 23 heavy (non-hydrogen) atoms. The van der Waals surface area contributed by atoms with Crippen LogP contribution in [0.2, 0.25) is 0 Å². The van der Waals surface area contributed by atoms with Crippen LogP contribution >= 0.6 is 0 Å². The van der Waals surface area contributed by atoms with Gasteiger partial charge in [0.2, 0.25) is 0 Å². The molecule has 128 valence electrons. The number of sulfone groups is 1. The van der Waals surface area contributed by atoms with Crippen molar-refractivity contribution in [3.63, 3.8) is 0 Å². The zero-order chi connectivity index (χ0) is 16.6. The third-order valence-electron chi connectivity index (χ3n) is 4.39. The van der Waals surface area contributed by atoms with E-state index in [-0.39, 0.29) is 23.5 Å². The number of hydrogen-bond donors (Lipinski definition) is 1. The summed E-state index contributed by atoms with van der Waals surface area (Å²) >= 11 is 0. The summed E-state index contributed by atoms with van der Waals surface area (Å²) in [6.07, 6.45) is 2.77. The van der Waals surface area contributed by atoms with Crippen LogP contribution in [0.1, 0.15) is 47.4 Å². The van der Waals surface area contributed by atoms with Crippen molar-refractivity contribution in [3.8, 4) is 0 Å². The molecule has 1 saturated heterocycles. The molecule has 2 aliphatic rings. The molecule has 0 spiro atoms. The normalized spacial score (nSPS) is 23.3. The van der Waals surface area contributed by atoms with Crippen LogP contribution in [0.5, 0.6) is 0 Å². The fourth-order valence-corrected chi connectivity index (χ4v) is 4.64. The van der Waals surface area contributed by atoms with Crippen molar-refractivity contribution in [2.75, 3.05) is 38.7 Å². The van der Waals surface area contributed by atoms with E-state index >= 15 is 0 Å². The maximum atomic E-state index is 12.3. The number of likely N-dealkylation sites (N-methyl/N-ethyl adjacent to an activating group) is 1. The zero-order valence-electron chi connectivity index (χ0n) is 13.7. The molecule has 1 atom stereocenters. The van der Waals surface area contributed by atoms with Crippen molar-refractivity contribution in [2.24, 2.45) is 0 Å². The molecule has 8 heteroatoms. The molecule has 0 radical (unpaired) electrons. The Kier molecular flexibility index (Phi) is 4.46. The van der Waals surface area contributed by atoms with E-state index in [9.17, 15) is 13.2 Å². The van der Waals surface area contributed by atoms with Gasteiger partial charge in [0, 0.05) is 24.7 Å². The van der Waals surface area contributed by atoms with Gasteiger partial charge in [0.1, 0.15) is 5.69 Å². The smallest absolute Gasteiger partial charge is 0.271 e. The first kappa shape index (κ1) is 16.4. The molecule has 7 nitrogen and oxygen atoms in total. The molecule has 1 N–H and O–H groups in total. The van der Waals surface area contributed by atoms with E-state index in [4.69, 9.17) is 0 Å². The zero-order valence-corrected chi connectivity index (χ0v) is 14.5. The Morgan fingerprint density at radius 1 is 1.39 bits per heavy atom. The Bertz CT molecular complexity index is 692. The van der Waals surface area contributed by atoms with E-state index in [1.807, 2.05) is 29.7 Å². The molecule has 1 amide bonds. The number of rotatable bonds is 6. The number of amides is 1. The van der Waals surface area contributed by atoms with Crippen molar-refractivity contribution < 1.29 is 13.2 Å². The van der Waals surface area contributed by atoms with Gasteiger partial charge in [0.25, 0.3) is 5.91 Å². The largest absolute Gasteiger partial charge is 0.349 e. The molecule has 3 rings (SSSR count). The summed E-state index contributed by atoms with van der Waals surface area (Å²) in [5, 5.41) is 7.31. The standard InChI is InChI=1S/C15H24N4O3S/c1-18(2)7-6-16-15(20)13-9-14(11-3-4-11)19(17-13)12-5-8-23(21,22)10-12/h9,11-12H,3-8,10H2,1-2H3,(H,16,20). The monoisotopic (exact) mass is 340 g/mol. The van der Waals surface area contributed by atoms with E-state index in [0.29, 0.717) is 24.6 Å². The van der Waals surface area contributed by atoms with E-state index in [0.717, 1.165) is 25.1 Å². The third-order valence-corrected chi connectivity index (χ3v) is 6.14. The van der Waals surface area contributed by atoms with Crippen molar-refractivity contribution in [3.05, 3.63) is 17.5 Å². The van der Waals surface area contributed by atoms with E-state index in [1.54, 1.807) is 0 Å². The second kappa shape index (κ2) is 6.24. The highest BCUT2D eigenvalue weighted by molar-refractivity contribution is 7.91. The van der Waals surface area contributed by atoms with Crippen LogP contribution in [-0.2, 0) is 9.84 Å². The number of carbonyl (C=O) groups is 1. The van der Waals surface area contributed by atoms with E-state index in [1.165, 1.54) is 0 Å². The van der Waals surface area contributed by atoms with Gasteiger partial charge in [0.05, 0.1) is 17.5 Å². The molecule has 1 unspecified atom stereocenters. The number of carbonyl (C=O) groups excluding carboxylic acids is 1. The molecule has 1 saturated carbocycles. The van der Waals surface area contributed by atoms with Crippen molar-refractivity contribution in [2.45, 2.75) is 31.2 Å². The molecule has 2 heterocycles. The van der Waals surface area contributed by atoms with E-state index < -0.39 is 9.84 Å². The Labute approximate surface area is 137 Å². The molecule has 1 aliphatic carbocycles. The minimum Gasteiger partial charge on any atom is -0.349 e. The lowest BCUT2D eigenvalue weighted by Gasteiger charge is -2.12. The number of nitrogens with one attached hydrogen (secondary N) is 1. The maximum Gasteiger partial charge on any atom is 0.271 e. The van der Waals surface area contributed by atoms with Crippen LogP contribution in [0.15, 0.2) is 6.07 Å². The summed E-state index contributed by atoms with van der Waals surface area (Å²) in [5.41, 5.74) is 1.42. The lowest BCUT2D eigenvalue weighted by molar-refractivity contribution is 0.0945. The Morgan fingerprint density at radius 2 is 2.13 bits per heavy atom. The van der Waals surface area contributed by atoms with Gasteiger partial charge in [-0.25, -0.2) is 8.42 Å². The van der Waals surface area contributed by atoms with Crippen LogP contribution in [0, 0.1) is 0 Å². The number of aromatic nitrogens is 2. The van der Waals surface area contributed by atoms with Gasteiger partial charge < -0.3 is 10.2 Å². The minimum atomic E-state index is -2.97. The third kappa shape index (κ3) is 3.92. The lowest BCUT2D eigenvalue weighted by Crippen LogP contribution is -2.31. The maximum absolute atomic E-state index is 12.3. The summed E-state index contributed by atoms with van der Waals surface area (Å²) < 4.78 is 25.3. The first-order valence-electron chi connectivity index (χ1n) is 8.08. The quantitative estimate of drug-likeness (QED) is 0.811. The highest BCUT2D eigenvalue weighted by atomic mass is 32.2. The molecule has 1 aliphatic heterocycles. The highest BCUT2D eigenvalue weighted by Gasteiger charge is 2.36. The molecular formula is C15H24N4O3S. The Hall–Kier alpha value is -1.41. The summed E-state index contributed by atoms with van der Waals surface area (Å²) in [5.74, 6) is 0.588. The van der Waals surface area contributed by atoms with Gasteiger partial charge in [-0.2, -0.15) is 5.10 Å². The summed E-state index contributed by atoms with van der Waals surface area (Å²) in [6, 6.07) is 1.71. The van der Waals surface area contributed by atoms with Gasteiger partial charge in [-0.3, -0.25) is 9.48 Å². The average Bonchev–Trinajstić information content (AvgIpc) is 3.11. The van der Waals surface area contributed by atoms with Crippen molar-refractivity contribution >= 4 is 15.7 Å².